The van der Waals surface area contributed by atoms with Crippen molar-refractivity contribution in [1.29, 1.82) is 0 Å². The van der Waals surface area contributed by atoms with Crippen LogP contribution in [0.4, 0.5) is 0 Å². The number of carbonyl (C=O) groups excluding carboxylic acids is 1. The Kier molecular flexibility index (Phi) is 7.31. The summed E-state index contributed by atoms with van der Waals surface area (Å²) in [6, 6.07) is 9.59. The van der Waals surface area contributed by atoms with E-state index < -0.39 is 0 Å². The molecule has 0 aliphatic carbocycles. The minimum atomic E-state index is 0.275. The second kappa shape index (κ2) is 9.92. The van der Waals surface area contributed by atoms with Gasteiger partial charge in [-0.25, -0.2) is 0 Å². The van der Waals surface area contributed by atoms with Gasteiger partial charge in [-0.05, 0) is 44.2 Å². The topological polar surface area (TPSA) is 60.0 Å². The van der Waals surface area contributed by atoms with E-state index in [-0.39, 0.29) is 5.91 Å². The first-order chi connectivity index (χ1) is 13.5. The number of likely N-dealkylation sites (tertiary alicyclic amines) is 2. The van der Waals surface area contributed by atoms with Crippen molar-refractivity contribution in [3.05, 3.63) is 35.4 Å². The number of hydrogen-bond donors (Lipinski definition) is 2. The Hall–Kier alpha value is -2.08. The van der Waals surface area contributed by atoms with Crippen molar-refractivity contribution in [1.82, 2.24) is 20.4 Å². The zero-order valence-corrected chi connectivity index (χ0v) is 17.6. The molecule has 2 saturated heterocycles. The second-order valence-corrected chi connectivity index (χ2v) is 8.21. The summed E-state index contributed by atoms with van der Waals surface area (Å²) in [4.78, 5) is 20.7. The van der Waals surface area contributed by atoms with E-state index in [1.165, 1.54) is 11.1 Å². The summed E-state index contributed by atoms with van der Waals surface area (Å²) in [5.74, 6) is 1.14. The highest BCUT2D eigenvalue weighted by atomic mass is 16.2. The molecule has 2 aliphatic rings. The van der Waals surface area contributed by atoms with E-state index >= 15 is 0 Å². The SMILES string of the molecule is CN=C(NCc1cccc(CN2CCCC2=O)c1)NC1CCN(C(C)C)CC1. The molecule has 3 rings (SSSR count). The number of nitrogens with one attached hydrogen (secondary N) is 2. The van der Waals surface area contributed by atoms with Gasteiger partial charge in [-0.15, -0.1) is 0 Å². The summed E-state index contributed by atoms with van der Waals surface area (Å²) in [6.45, 7) is 9.14. The van der Waals surface area contributed by atoms with Crippen LogP contribution in [0.5, 0.6) is 0 Å². The average molecular weight is 386 g/mol. The van der Waals surface area contributed by atoms with E-state index in [2.05, 4.69) is 58.6 Å². The van der Waals surface area contributed by atoms with Crippen LogP contribution in [-0.2, 0) is 17.9 Å². The number of guanidine groups is 1. The highest BCUT2D eigenvalue weighted by molar-refractivity contribution is 5.80. The van der Waals surface area contributed by atoms with Gasteiger partial charge in [0.25, 0.3) is 0 Å². The molecule has 6 heteroatoms. The third-order valence-electron chi connectivity index (χ3n) is 5.82. The second-order valence-electron chi connectivity index (χ2n) is 8.21. The molecule has 1 aromatic carbocycles. The van der Waals surface area contributed by atoms with Crippen LogP contribution >= 0.6 is 0 Å². The third kappa shape index (κ3) is 5.71. The first-order valence-electron chi connectivity index (χ1n) is 10.6. The highest BCUT2D eigenvalue weighted by Gasteiger charge is 2.22. The van der Waals surface area contributed by atoms with Crippen LogP contribution in [0, 0.1) is 0 Å². The van der Waals surface area contributed by atoms with Crippen molar-refractivity contribution in [2.24, 2.45) is 4.99 Å². The van der Waals surface area contributed by atoms with Crippen molar-refractivity contribution in [3.63, 3.8) is 0 Å². The largest absolute Gasteiger partial charge is 0.354 e. The lowest BCUT2D eigenvalue weighted by atomic mass is 10.0. The van der Waals surface area contributed by atoms with Crippen LogP contribution in [0.25, 0.3) is 0 Å². The van der Waals surface area contributed by atoms with E-state index in [0.29, 0.717) is 25.0 Å². The molecule has 2 N–H and O–H groups in total. The first-order valence-corrected chi connectivity index (χ1v) is 10.6. The van der Waals surface area contributed by atoms with Crippen LogP contribution in [-0.4, -0.2) is 60.4 Å². The molecule has 28 heavy (non-hydrogen) atoms. The maximum absolute atomic E-state index is 11.9. The van der Waals surface area contributed by atoms with Gasteiger partial charge in [-0.1, -0.05) is 24.3 Å². The number of aliphatic imine (C=N–C) groups is 1. The fourth-order valence-electron chi connectivity index (χ4n) is 4.06. The summed E-state index contributed by atoms with van der Waals surface area (Å²) in [7, 11) is 1.83. The maximum Gasteiger partial charge on any atom is 0.222 e. The van der Waals surface area contributed by atoms with Crippen LogP contribution in [0.1, 0.15) is 50.7 Å². The number of nitrogens with zero attached hydrogens (tertiary/aromatic N) is 3. The van der Waals surface area contributed by atoms with Crippen molar-refractivity contribution < 1.29 is 4.79 Å². The summed E-state index contributed by atoms with van der Waals surface area (Å²) in [5.41, 5.74) is 2.40. The number of hydrogen-bond acceptors (Lipinski definition) is 3. The Morgan fingerprint density at radius 1 is 1.21 bits per heavy atom. The normalized spacial score (nSPS) is 19.5. The summed E-state index contributed by atoms with van der Waals surface area (Å²) < 4.78 is 0. The molecular weight excluding hydrogens is 350 g/mol. The summed E-state index contributed by atoms with van der Waals surface area (Å²) in [6.07, 6.45) is 3.98. The molecule has 0 atom stereocenters. The molecule has 154 valence electrons. The average Bonchev–Trinajstić information content (AvgIpc) is 3.10. The van der Waals surface area contributed by atoms with Gasteiger partial charge in [0.1, 0.15) is 0 Å². The van der Waals surface area contributed by atoms with E-state index in [1.54, 1.807) is 0 Å². The Morgan fingerprint density at radius 3 is 2.61 bits per heavy atom. The van der Waals surface area contributed by atoms with Gasteiger partial charge in [0.05, 0.1) is 0 Å². The van der Waals surface area contributed by atoms with Crippen LogP contribution < -0.4 is 10.6 Å². The minimum absolute atomic E-state index is 0.275. The number of carbonyl (C=O) groups is 1. The quantitative estimate of drug-likeness (QED) is 0.583. The zero-order valence-electron chi connectivity index (χ0n) is 17.6. The van der Waals surface area contributed by atoms with Crippen LogP contribution in [0.3, 0.4) is 0 Å². The molecule has 0 spiro atoms. The predicted molar refractivity (Wildman–Crippen MR) is 114 cm³/mol. The van der Waals surface area contributed by atoms with Crippen molar-refractivity contribution >= 4 is 11.9 Å². The van der Waals surface area contributed by atoms with Crippen LogP contribution in [0.2, 0.25) is 0 Å². The molecule has 0 aromatic heterocycles. The highest BCUT2D eigenvalue weighted by Crippen LogP contribution is 2.15. The third-order valence-corrected chi connectivity index (χ3v) is 5.82. The fraction of sp³-hybridized carbons (Fsp3) is 0.636. The lowest BCUT2D eigenvalue weighted by molar-refractivity contribution is -0.128. The Labute approximate surface area is 169 Å². The Morgan fingerprint density at radius 2 is 1.96 bits per heavy atom. The monoisotopic (exact) mass is 385 g/mol. The van der Waals surface area contributed by atoms with Gasteiger partial charge in [0.15, 0.2) is 5.96 Å². The Bertz CT molecular complexity index is 679. The molecule has 0 radical (unpaired) electrons. The molecule has 1 aromatic rings. The van der Waals surface area contributed by atoms with Crippen molar-refractivity contribution in [2.45, 2.75) is 64.7 Å². The molecule has 2 aliphatic heterocycles. The number of amides is 1. The molecule has 2 heterocycles. The lowest BCUT2D eigenvalue weighted by Gasteiger charge is -2.35. The van der Waals surface area contributed by atoms with E-state index in [9.17, 15) is 4.79 Å². The fourth-order valence-corrected chi connectivity index (χ4v) is 4.06. The summed E-state index contributed by atoms with van der Waals surface area (Å²) >= 11 is 0. The standard InChI is InChI=1S/C22H35N5O/c1-17(2)26-12-9-20(10-13-26)25-22(23-3)24-15-18-6-4-7-19(14-18)16-27-11-5-8-21(27)28/h4,6-7,14,17,20H,5,8-13,15-16H2,1-3H3,(H2,23,24,25). The first kappa shape index (κ1) is 20.6. The van der Waals surface area contributed by atoms with Crippen LogP contribution in [0.15, 0.2) is 29.3 Å². The van der Waals surface area contributed by atoms with Gasteiger partial charge in [0.2, 0.25) is 5.91 Å². The van der Waals surface area contributed by atoms with Gasteiger partial charge in [-0.3, -0.25) is 9.79 Å². The number of piperidine rings is 1. The smallest absolute Gasteiger partial charge is 0.222 e. The van der Waals surface area contributed by atoms with Crippen molar-refractivity contribution in [2.75, 3.05) is 26.7 Å². The van der Waals surface area contributed by atoms with Gasteiger partial charge in [0, 0.05) is 58.3 Å². The van der Waals surface area contributed by atoms with E-state index in [0.717, 1.165) is 51.4 Å². The van der Waals surface area contributed by atoms with Gasteiger partial charge in [-0.2, -0.15) is 0 Å². The molecule has 0 saturated carbocycles. The van der Waals surface area contributed by atoms with Gasteiger partial charge >= 0.3 is 0 Å². The summed E-state index contributed by atoms with van der Waals surface area (Å²) in [5, 5.41) is 7.02. The molecule has 6 nitrogen and oxygen atoms in total. The van der Waals surface area contributed by atoms with Crippen molar-refractivity contribution in [3.8, 4) is 0 Å². The van der Waals surface area contributed by atoms with E-state index in [1.807, 2.05) is 11.9 Å². The molecule has 0 unspecified atom stereocenters. The number of benzene rings is 1. The van der Waals surface area contributed by atoms with E-state index in [4.69, 9.17) is 0 Å². The zero-order chi connectivity index (χ0) is 19.9. The number of rotatable bonds is 6. The molecule has 1 amide bonds. The predicted octanol–water partition coefficient (Wildman–Crippen LogP) is 2.35. The minimum Gasteiger partial charge on any atom is -0.354 e. The molecular formula is C22H35N5O. The maximum atomic E-state index is 11.9. The molecule has 2 fully saturated rings. The molecule has 0 bridgehead atoms. The lowest BCUT2D eigenvalue weighted by Crippen LogP contribution is -2.49. The van der Waals surface area contributed by atoms with Gasteiger partial charge < -0.3 is 20.4 Å². The Balaban J connectivity index is 1.47.